The maximum absolute atomic E-state index is 4.65. The van der Waals surface area contributed by atoms with Gasteiger partial charge >= 0.3 is 0 Å². The molecular weight excluding hydrogens is 122 g/mol. The number of nitrogens with zero attached hydrogens (tertiary/aromatic N) is 1. The number of hydrogen-bond donors (Lipinski definition) is 0. The van der Waals surface area contributed by atoms with Gasteiger partial charge in [-0.2, -0.15) is 0 Å². The first-order chi connectivity index (χ1) is 4.86. The molecule has 0 saturated heterocycles. The molecule has 2 fully saturated rings. The summed E-state index contributed by atoms with van der Waals surface area (Å²) in [5.74, 6) is 1.96. The maximum Gasteiger partial charge on any atom is 0.0246 e. The highest BCUT2D eigenvalue weighted by Crippen LogP contribution is 2.34. The summed E-state index contributed by atoms with van der Waals surface area (Å²) in [6.07, 6.45) is 5.77. The van der Waals surface area contributed by atoms with Crippen LogP contribution < -0.4 is 5.32 Å². The van der Waals surface area contributed by atoms with Crippen molar-refractivity contribution in [3.05, 3.63) is 0 Å². The van der Waals surface area contributed by atoms with Gasteiger partial charge < -0.3 is 0 Å². The quantitative estimate of drug-likeness (QED) is 0.562. The zero-order valence-electron chi connectivity index (χ0n) is 6.71. The standard InChI is InChI=1S/C9H16N/c1-7(9-4-5-9)10-6-8-2-3-8/h7-9H,2-6H2,1H3. The van der Waals surface area contributed by atoms with Gasteiger partial charge in [0.05, 0.1) is 0 Å². The Morgan fingerprint density at radius 2 is 2.00 bits per heavy atom. The van der Waals surface area contributed by atoms with E-state index in [1.54, 1.807) is 0 Å². The first-order valence-electron chi connectivity index (χ1n) is 4.53. The van der Waals surface area contributed by atoms with Crippen molar-refractivity contribution in [3.63, 3.8) is 0 Å². The molecule has 57 valence electrons. The van der Waals surface area contributed by atoms with E-state index < -0.39 is 0 Å². The maximum atomic E-state index is 4.65. The van der Waals surface area contributed by atoms with Gasteiger partial charge in [-0.1, -0.05) is 0 Å². The van der Waals surface area contributed by atoms with Gasteiger partial charge in [0, 0.05) is 12.6 Å². The van der Waals surface area contributed by atoms with Gasteiger partial charge in [0.25, 0.3) is 0 Å². The van der Waals surface area contributed by atoms with E-state index in [2.05, 4.69) is 12.2 Å². The van der Waals surface area contributed by atoms with Crippen LogP contribution >= 0.6 is 0 Å². The Labute approximate surface area is 63.2 Å². The predicted octanol–water partition coefficient (Wildman–Crippen LogP) is 1.80. The predicted molar refractivity (Wildman–Crippen MR) is 41.9 cm³/mol. The molecule has 0 heterocycles. The molecule has 1 radical (unpaired) electrons. The molecule has 0 N–H and O–H groups in total. The van der Waals surface area contributed by atoms with Crippen LogP contribution in [0.15, 0.2) is 0 Å². The van der Waals surface area contributed by atoms with E-state index in [1.165, 1.54) is 25.7 Å². The second-order valence-electron chi connectivity index (χ2n) is 3.89. The minimum Gasteiger partial charge on any atom is -0.238 e. The van der Waals surface area contributed by atoms with Crippen molar-refractivity contribution < 1.29 is 0 Å². The zero-order valence-corrected chi connectivity index (χ0v) is 6.71. The van der Waals surface area contributed by atoms with Crippen LogP contribution in [-0.2, 0) is 0 Å². The van der Waals surface area contributed by atoms with Gasteiger partial charge in [-0.3, -0.25) is 0 Å². The fraction of sp³-hybridized carbons (Fsp3) is 1.00. The number of hydrogen-bond acceptors (Lipinski definition) is 0. The largest absolute Gasteiger partial charge is 0.238 e. The molecule has 0 bridgehead atoms. The van der Waals surface area contributed by atoms with E-state index in [0.717, 1.165) is 18.4 Å². The van der Waals surface area contributed by atoms with Gasteiger partial charge in [-0.05, 0) is 44.4 Å². The fourth-order valence-corrected chi connectivity index (χ4v) is 1.34. The van der Waals surface area contributed by atoms with Crippen LogP contribution in [0.1, 0.15) is 32.6 Å². The summed E-state index contributed by atoms with van der Waals surface area (Å²) in [4.78, 5) is 0. The molecule has 0 aromatic heterocycles. The molecule has 2 saturated carbocycles. The molecule has 0 aromatic carbocycles. The highest BCUT2D eigenvalue weighted by molar-refractivity contribution is 4.85. The Morgan fingerprint density at radius 3 is 2.50 bits per heavy atom. The lowest BCUT2D eigenvalue weighted by molar-refractivity contribution is 0.473. The lowest BCUT2D eigenvalue weighted by Crippen LogP contribution is -2.22. The van der Waals surface area contributed by atoms with E-state index in [0.29, 0.717) is 6.04 Å². The summed E-state index contributed by atoms with van der Waals surface area (Å²) in [6.45, 7) is 3.44. The van der Waals surface area contributed by atoms with E-state index >= 15 is 0 Å². The van der Waals surface area contributed by atoms with Crippen LogP contribution in [0, 0.1) is 11.8 Å². The van der Waals surface area contributed by atoms with Crippen LogP contribution in [0.3, 0.4) is 0 Å². The molecule has 2 aliphatic carbocycles. The van der Waals surface area contributed by atoms with Crippen molar-refractivity contribution in [2.45, 2.75) is 38.6 Å². The Hall–Kier alpha value is -0.0400. The van der Waals surface area contributed by atoms with Crippen molar-refractivity contribution in [1.82, 2.24) is 5.32 Å². The zero-order chi connectivity index (χ0) is 6.97. The molecule has 0 spiro atoms. The minimum atomic E-state index is 0.681. The normalized spacial score (nSPS) is 28.5. The molecule has 1 unspecified atom stereocenters. The second kappa shape index (κ2) is 2.54. The Balaban J connectivity index is 1.58. The minimum absolute atomic E-state index is 0.681. The topological polar surface area (TPSA) is 14.1 Å². The van der Waals surface area contributed by atoms with E-state index in [1.807, 2.05) is 0 Å². The molecular formula is C9H16N. The molecule has 0 aromatic rings. The van der Waals surface area contributed by atoms with Crippen molar-refractivity contribution in [2.24, 2.45) is 11.8 Å². The van der Waals surface area contributed by atoms with Gasteiger partial charge in [-0.25, -0.2) is 5.32 Å². The van der Waals surface area contributed by atoms with Crippen LogP contribution in [0.5, 0.6) is 0 Å². The van der Waals surface area contributed by atoms with Gasteiger partial charge in [0.15, 0.2) is 0 Å². The molecule has 10 heavy (non-hydrogen) atoms. The van der Waals surface area contributed by atoms with Crippen LogP contribution in [0.4, 0.5) is 0 Å². The SMILES string of the molecule is CC([N]CC1CC1)C1CC1. The first kappa shape index (κ1) is 6.66. The Bertz CT molecular complexity index is 114. The van der Waals surface area contributed by atoms with Crippen LogP contribution in [0.25, 0.3) is 0 Å². The summed E-state index contributed by atoms with van der Waals surface area (Å²) >= 11 is 0. The number of rotatable bonds is 4. The third-order valence-electron chi connectivity index (χ3n) is 2.65. The van der Waals surface area contributed by atoms with E-state index in [-0.39, 0.29) is 0 Å². The van der Waals surface area contributed by atoms with Crippen molar-refractivity contribution in [3.8, 4) is 0 Å². The average molecular weight is 138 g/mol. The van der Waals surface area contributed by atoms with Crippen molar-refractivity contribution in [1.29, 1.82) is 0 Å². The van der Waals surface area contributed by atoms with Gasteiger partial charge in [0.1, 0.15) is 0 Å². The average Bonchev–Trinajstić information content (AvgIpc) is 2.76. The molecule has 0 aliphatic heterocycles. The second-order valence-corrected chi connectivity index (χ2v) is 3.89. The summed E-state index contributed by atoms with van der Waals surface area (Å²) in [7, 11) is 0. The van der Waals surface area contributed by atoms with E-state index in [9.17, 15) is 0 Å². The van der Waals surface area contributed by atoms with Crippen molar-refractivity contribution in [2.75, 3.05) is 6.54 Å². The first-order valence-corrected chi connectivity index (χ1v) is 4.53. The smallest absolute Gasteiger partial charge is 0.0246 e. The van der Waals surface area contributed by atoms with Gasteiger partial charge in [-0.15, -0.1) is 0 Å². The molecule has 2 rings (SSSR count). The monoisotopic (exact) mass is 138 g/mol. The summed E-state index contributed by atoms with van der Waals surface area (Å²) in [6, 6.07) is 0.681. The molecule has 1 atom stereocenters. The van der Waals surface area contributed by atoms with E-state index in [4.69, 9.17) is 0 Å². The Morgan fingerprint density at radius 1 is 1.30 bits per heavy atom. The fourth-order valence-electron chi connectivity index (χ4n) is 1.34. The summed E-state index contributed by atoms with van der Waals surface area (Å²) in [5.41, 5.74) is 0. The molecule has 0 amide bonds. The highest BCUT2D eigenvalue weighted by atomic mass is 14.9. The van der Waals surface area contributed by atoms with Crippen LogP contribution in [-0.4, -0.2) is 12.6 Å². The highest BCUT2D eigenvalue weighted by Gasteiger charge is 2.30. The summed E-state index contributed by atoms with van der Waals surface area (Å²) < 4.78 is 0. The summed E-state index contributed by atoms with van der Waals surface area (Å²) in [5, 5.41) is 4.65. The lowest BCUT2D eigenvalue weighted by Gasteiger charge is -2.08. The third-order valence-corrected chi connectivity index (χ3v) is 2.65. The van der Waals surface area contributed by atoms with Crippen molar-refractivity contribution >= 4 is 0 Å². The van der Waals surface area contributed by atoms with Gasteiger partial charge in [0.2, 0.25) is 0 Å². The van der Waals surface area contributed by atoms with Crippen LogP contribution in [0.2, 0.25) is 0 Å². The molecule has 1 heteroatoms. The molecule has 2 aliphatic rings. The third kappa shape index (κ3) is 1.72. The molecule has 1 nitrogen and oxygen atoms in total. The lowest BCUT2D eigenvalue weighted by atomic mass is 10.2. The Kier molecular flexibility index (Phi) is 1.69.